The Balaban J connectivity index is 2.82. The number of benzene rings is 1. The van der Waals surface area contributed by atoms with Crippen molar-refractivity contribution < 1.29 is 9.90 Å². The second-order valence-electron chi connectivity index (χ2n) is 3.76. The molecular weight excluding hydrogens is 202 g/mol. The molecule has 1 rings (SSSR count). The molecule has 1 N–H and O–H groups in total. The molecule has 0 bridgehead atoms. The van der Waals surface area contributed by atoms with Crippen LogP contribution < -0.4 is 4.90 Å². The molecule has 1 aromatic rings. The lowest BCUT2D eigenvalue weighted by atomic mass is 10.2. The summed E-state index contributed by atoms with van der Waals surface area (Å²) in [5.74, 6) is -0.939. The molecule has 3 nitrogen and oxygen atoms in total. The summed E-state index contributed by atoms with van der Waals surface area (Å²) in [6.45, 7) is 8.68. The van der Waals surface area contributed by atoms with Gasteiger partial charge in [-0.05, 0) is 31.5 Å². The van der Waals surface area contributed by atoms with E-state index in [1.807, 2.05) is 43.0 Å². The number of hydrogen-bond acceptors (Lipinski definition) is 2. The maximum absolute atomic E-state index is 10.7. The number of rotatable bonds is 5. The van der Waals surface area contributed by atoms with Crippen LogP contribution in [0.3, 0.4) is 0 Å². The van der Waals surface area contributed by atoms with Gasteiger partial charge in [0.25, 0.3) is 0 Å². The van der Waals surface area contributed by atoms with Crippen LogP contribution in [0.1, 0.15) is 12.5 Å². The van der Waals surface area contributed by atoms with Crippen molar-refractivity contribution in [2.75, 3.05) is 18.0 Å². The molecule has 3 heteroatoms. The Labute approximate surface area is 96.0 Å². The second kappa shape index (κ2) is 5.35. The Kier molecular flexibility index (Phi) is 4.11. The molecule has 0 unspecified atom stereocenters. The first-order chi connectivity index (χ1) is 7.54. The Bertz CT molecular complexity index is 399. The Hall–Kier alpha value is -1.77. The molecule has 0 spiro atoms. The fourth-order valence-corrected chi connectivity index (χ4v) is 1.51. The van der Waals surface area contributed by atoms with Crippen LogP contribution in [0.2, 0.25) is 0 Å². The first-order valence-corrected chi connectivity index (χ1v) is 5.27. The number of carbonyl (C=O) groups is 1. The summed E-state index contributed by atoms with van der Waals surface area (Å²) in [4.78, 5) is 12.7. The number of aliphatic carboxylic acids is 1. The maximum atomic E-state index is 10.7. The van der Waals surface area contributed by atoms with Crippen LogP contribution in [0.4, 0.5) is 5.69 Å². The van der Waals surface area contributed by atoms with Crippen LogP contribution in [-0.2, 0) is 4.79 Å². The number of carboxylic acids is 1. The third-order valence-corrected chi connectivity index (χ3v) is 2.43. The third-order valence-electron chi connectivity index (χ3n) is 2.43. The van der Waals surface area contributed by atoms with Crippen LogP contribution >= 0.6 is 0 Å². The van der Waals surface area contributed by atoms with Gasteiger partial charge in [0.1, 0.15) is 0 Å². The van der Waals surface area contributed by atoms with Gasteiger partial charge < -0.3 is 10.0 Å². The average Bonchev–Trinajstić information content (AvgIpc) is 2.25. The van der Waals surface area contributed by atoms with E-state index in [2.05, 4.69) is 6.58 Å². The molecule has 0 saturated heterocycles. The maximum Gasteiger partial charge on any atom is 0.332 e. The predicted molar refractivity (Wildman–Crippen MR) is 65.8 cm³/mol. The van der Waals surface area contributed by atoms with Crippen molar-refractivity contribution in [3.63, 3.8) is 0 Å². The summed E-state index contributed by atoms with van der Waals surface area (Å²) in [6, 6.07) is 8.00. The highest BCUT2D eigenvalue weighted by atomic mass is 16.4. The highest BCUT2D eigenvalue weighted by Gasteiger charge is 2.10. The van der Waals surface area contributed by atoms with Crippen LogP contribution in [0.25, 0.3) is 0 Å². The average molecular weight is 219 g/mol. The van der Waals surface area contributed by atoms with Gasteiger partial charge in [-0.3, -0.25) is 0 Å². The van der Waals surface area contributed by atoms with Crippen molar-refractivity contribution in [3.8, 4) is 0 Å². The summed E-state index contributed by atoms with van der Waals surface area (Å²) < 4.78 is 0. The number of nitrogens with zero attached hydrogens (tertiary/aromatic N) is 1. The molecule has 0 aromatic heterocycles. The first kappa shape index (κ1) is 12.3. The van der Waals surface area contributed by atoms with E-state index in [9.17, 15) is 4.79 Å². The second-order valence-corrected chi connectivity index (χ2v) is 3.76. The predicted octanol–water partition coefficient (Wildman–Crippen LogP) is 2.46. The van der Waals surface area contributed by atoms with Crippen molar-refractivity contribution in [1.29, 1.82) is 0 Å². The Morgan fingerprint density at radius 3 is 2.69 bits per heavy atom. The minimum Gasteiger partial charge on any atom is -0.478 e. The molecule has 1 aromatic carbocycles. The van der Waals surface area contributed by atoms with E-state index in [-0.39, 0.29) is 5.57 Å². The van der Waals surface area contributed by atoms with Crippen molar-refractivity contribution in [2.24, 2.45) is 0 Å². The van der Waals surface area contributed by atoms with Gasteiger partial charge in [-0.2, -0.15) is 0 Å². The molecule has 0 aliphatic carbocycles. The molecule has 0 atom stereocenters. The summed E-state index contributed by atoms with van der Waals surface area (Å²) in [5.41, 5.74) is 2.41. The van der Waals surface area contributed by atoms with Crippen LogP contribution in [-0.4, -0.2) is 24.2 Å². The van der Waals surface area contributed by atoms with Crippen LogP contribution in [0.5, 0.6) is 0 Å². The lowest BCUT2D eigenvalue weighted by molar-refractivity contribution is -0.132. The van der Waals surface area contributed by atoms with E-state index in [4.69, 9.17) is 5.11 Å². The molecule has 0 radical (unpaired) electrons. The molecule has 0 aliphatic heterocycles. The number of hydrogen-bond donors (Lipinski definition) is 1. The quantitative estimate of drug-likeness (QED) is 0.773. The van der Waals surface area contributed by atoms with Gasteiger partial charge in [0.2, 0.25) is 0 Å². The highest BCUT2D eigenvalue weighted by Crippen LogP contribution is 2.16. The van der Waals surface area contributed by atoms with Gasteiger partial charge in [0.15, 0.2) is 0 Å². The third kappa shape index (κ3) is 3.12. The molecule has 16 heavy (non-hydrogen) atoms. The molecule has 0 heterocycles. The fraction of sp³-hybridized carbons (Fsp3) is 0.308. The first-order valence-electron chi connectivity index (χ1n) is 5.27. The summed E-state index contributed by atoms with van der Waals surface area (Å²) in [5, 5.41) is 8.80. The van der Waals surface area contributed by atoms with Crippen molar-refractivity contribution in [1.82, 2.24) is 0 Å². The number of aryl methyl sites for hydroxylation is 1. The molecule has 86 valence electrons. The highest BCUT2D eigenvalue weighted by molar-refractivity contribution is 5.87. The zero-order chi connectivity index (χ0) is 12.1. The van der Waals surface area contributed by atoms with Gasteiger partial charge in [-0.1, -0.05) is 18.7 Å². The van der Waals surface area contributed by atoms with E-state index < -0.39 is 5.97 Å². The fourth-order valence-electron chi connectivity index (χ4n) is 1.51. The minimum atomic E-state index is -0.939. The van der Waals surface area contributed by atoms with E-state index in [1.165, 1.54) is 0 Å². The van der Waals surface area contributed by atoms with E-state index >= 15 is 0 Å². The largest absolute Gasteiger partial charge is 0.478 e. The summed E-state index contributed by atoms with van der Waals surface area (Å²) >= 11 is 0. The van der Waals surface area contributed by atoms with Gasteiger partial charge in [0.05, 0.1) is 0 Å². The lowest BCUT2D eigenvalue weighted by Crippen LogP contribution is -2.27. The normalized spacial score (nSPS) is 9.88. The van der Waals surface area contributed by atoms with Crippen molar-refractivity contribution >= 4 is 11.7 Å². The van der Waals surface area contributed by atoms with Gasteiger partial charge in [-0.15, -0.1) is 0 Å². The molecule has 0 amide bonds. The Morgan fingerprint density at radius 2 is 2.19 bits per heavy atom. The molecule has 0 fully saturated rings. The van der Waals surface area contributed by atoms with Crippen LogP contribution in [0, 0.1) is 6.92 Å². The smallest absolute Gasteiger partial charge is 0.332 e. The molecular formula is C13H17NO2. The van der Waals surface area contributed by atoms with Crippen molar-refractivity contribution in [2.45, 2.75) is 13.8 Å². The van der Waals surface area contributed by atoms with E-state index in [0.717, 1.165) is 17.8 Å². The molecule has 0 saturated carbocycles. The zero-order valence-corrected chi connectivity index (χ0v) is 9.73. The summed E-state index contributed by atoms with van der Waals surface area (Å²) in [7, 11) is 0. The number of likely N-dealkylation sites (N-methyl/N-ethyl adjacent to an activating group) is 1. The monoisotopic (exact) mass is 219 g/mol. The standard InChI is InChI=1S/C13H17NO2/c1-4-14(9-11(3)13(15)16)12-7-5-6-10(2)8-12/h5-8H,3-4,9H2,1-2H3,(H,15,16). The van der Waals surface area contributed by atoms with Gasteiger partial charge in [-0.25, -0.2) is 4.79 Å². The Morgan fingerprint density at radius 1 is 1.50 bits per heavy atom. The topological polar surface area (TPSA) is 40.5 Å². The SMILES string of the molecule is C=C(CN(CC)c1cccc(C)c1)C(=O)O. The summed E-state index contributed by atoms with van der Waals surface area (Å²) in [6.07, 6.45) is 0. The van der Waals surface area contributed by atoms with Crippen molar-refractivity contribution in [3.05, 3.63) is 42.0 Å². The number of anilines is 1. The molecule has 0 aliphatic rings. The van der Waals surface area contributed by atoms with E-state index in [0.29, 0.717) is 6.54 Å². The number of carboxylic acid groups (broad SMARTS) is 1. The van der Waals surface area contributed by atoms with Gasteiger partial charge >= 0.3 is 5.97 Å². The zero-order valence-electron chi connectivity index (χ0n) is 9.73. The van der Waals surface area contributed by atoms with Crippen LogP contribution in [0.15, 0.2) is 36.4 Å². The lowest BCUT2D eigenvalue weighted by Gasteiger charge is -2.23. The van der Waals surface area contributed by atoms with E-state index in [1.54, 1.807) is 0 Å². The minimum absolute atomic E-state index is 0.211. The van der Waals surface area contributed by atoms with Gasteiger partial charge in [0, 0.05) is 24.4 Å².